The second kappa shape index (κ2) is 12.3. The van der Waals surface area contributed by atoms with Crippen LogP contribution >= 0.6 is 0 Å². The van der Waals surface area contributed by atoms with Crippen LogP contribution in [0.3, 0.4) is 0 Å². The highest BCUT2D eigenvalue weighted by Gasteiger charge is 2.30. The summed E-state index contributed by atoms with van der Waals surface area (Å²) in [5.41, 5.74) is 1.07. The van der Waals surface area contributed by atoms with E-state index < -0.39 is 28.5 Å². The molecule has 0 spiro atoms. The molecule has 186 valence electrons. The number of carbonyl (C=O) groups is 2. The van der Waals surface area contributed by atoms with Crippen LogP contribution in [0.2, 0.25) is 0 Å². The van der Waals surface area contributed by atoms with E-state index in [1.807, 2.05) is 37.3 Å². The molecular formula is C24H33N3O6S. The van der Waals surface area contributed by atoms with Crippen molar-refractivity contribution in [2.45, 2.75) is 32.9 Å². The molecule has 2 aromatic carbocycles. The lowest BCUT2D eigenvalue weighted by molar-refractivity contribution is -0.139. The van der Waals surface area contributed by atoms with Gasteiger partial charge in [-0.15, -0.1) is 0 Å². The minimum absolute atomic E-state index is 0.157. The summed E-state index contributed by atoms with van der Waals surface area (Å²) in [7, 11) is -0.921. The van der Waals surface area contributed by atoms with Gasteiger partial charge in [0.1, 0.15) is 12.6 Å². The third-order valence-electron chi connectivity index (χ3n) is 5.25. The van der Waals surface area contributed by atoms with E-state index in [9.17, 15) is 18.0 Å². The maximum atomic E-state index is 13.5. The van der Waals surface area contributed by atoms with Crippen molar-refractivity contribution < 1.29 is 27.5 Å². The molecule has 1 atom stereocenters. The van der Waals surface area contributed by atoms with E-state index in [2.05, 4.69) is 5.32 Å². The van der Waals surface area contributed by atoms with Crippen LogP contribution in [-0.2, 0) is 26.2 Å². The Morgan fingerprint density at radius 3 is 2.24 bits per heavy atom. The summed E-state index contributed by atoms with van der Waals surface area (Å²) in [5, 5.41) is 2.80. The van der Waals surface area contributed by atoms with Gasteiger partial charge in [0.25, 0.3) is 0 Å². The van der Waals surface area contributed by atoms with E-state index in [1.54, 1.807) is 13.0 Å². The Morgan fingerprint density at radius 1 is 1.03 bits per heavy atom. The van der Waals surface area contributed by atoms with Crippen LogP contribution in [-0.4, -0.2) is 64.7 Å². The van der Waals surface area contributed by atoms with E-state index >= 15 is 0 Å². The third-order valence-corrected chi connectivity index (χ3v) is 6.39. The van der Waals surface area contributed by atoms with E-state index in [0.717, 1.165) is 22.5 Å². The number of sulfonamides is 1. The van der Waals surface area contributed by atoms with Crippen molar-refractivity contribution in [3.63, 3.8) is 0 Å². The summed E-state index contributed by atoms with van der Waals surface area (Å²) in [6, 6.07) is 13.0. The van der Waals surface area contributed by atoms with Crippen molar-refractivity contribution in [1.82, 2.24) is 10.2 Å². The summed E-state index contributed by atoms with van der Waals surface area (Å²) < 4.78 is 36.8. The number of nitrogens with one attached hydrogen (secondary N) is 1. The lowest BCUT2D eigenvalue weighted by Crippen LogP contribution is -2.51. The van der Waals surface area contributed by atoms with Crippen LogP contribution < -0.4 is 19.1 Å². The molecule has 0 aliphatic heterocycles. The maximum Gasteiger partial charge on any atom is 0.244 e. The molecule has 1 unspecified atom stereocenters. The molecule has 0 radical (unpaired) electrons. The summed E-state index contributed by atoms with van der Waals surface area (Å²) in [6.07, 6.45) is 1.78. The number of hydrogen-bond donors (Lipinski definition) is 1. The number of methoxy groups -OCH3 is 2. The molecule has 0 aromatic heterocycles. The highest BCUT2D eigenvalue weighted by atomic mass is 32.2. The first-order valence-corrected chi connectivity index (χ1v) is 12.8. The molecule has 0 saturated carbocycles. The Hall–Kier alpha value is -3.27. The largest absolute Gasteiger partial charge is 0.493 e. The Morgan fingerprint density at radius 2 is 1.68 bits per heavy atom. The quantitative estimate of drug-likeness (QED) is 0.489. The van der Waals surface area contributed by atoms with Crippen molar-refractivity contribution in [3.05, 3.63) is 54.1 Å². The minimum Gasteiger partial charge on any atom is -0.493 e. The molecule has 34 heavy (non-hydrogen) atoms. The van der Waals surface area contributed by atoms with Crippen LogP contribution in [0.5, 0.6) is 11.5 Å². The van der Waals surface area contributed by atoms with E-state index in [0.29, 0.717) is 18.0 Å². The first-order valence-electron chi connectivity index (χ1n) is 10.9. The van der Waals surface area contributed by atoms with Crippen molar-refractivity contribution in [2.75, 3.05) is 37.9 Å². The zero-order valence-electron chi connectivity index (χ0n) is 20.3. The average Bonchev–Trinajstić information content (AvgIpc) is 2.83. The zero-order chi connectivity index (χ0) is 25.3. The summed E-state index contributed by atoms with van der Waals surface area (Å²) in [5.74, 6) is -0.0566. The minimum atomic E-state index is -3.84. The fourth-order valence-corrected chi connectivity index (χ4v) is 4.19. The molecular weight excluding hydrogens is 458 g/mol. The van der Waals surface area contributed by atoms with Crippen molar-refractivity contribution in [3.8, 4) is 11.5 Å². The van der Waals surface area contributed by atoms with Crippen LogP contribution in [0.25, 0.3) is 0 Å². The maximum absolute atomic E-state index is 13.5. The Labute approximate surface area is 201 Å². The second-order valence-electron chi connectivity index (χ2n) is 7.78. The van der Waals surface area contributed by atoms with Gasteiger partial charge in [-0.2, -0.15) is 0 Å². The van der Waals surface area contributed by atoms with Gasteiger partial charge in [-0.3, -0.25) is 13.9 Å². The third kappa shape index (κ3) is 7.11. The molecule has 0 fully saturated rings. The van der Waals surface area contributed by atoms with Crippen LogP contribution in [0.4, 0.5) is 5.69 Å². The predicted molar refractivity (Wildman–Crippen MR) is 131 cm³/mol. The van der Waals surface area contributed by atoms with E-state index in [-0.39, 0.29) is 18.1 Å². The van der Waals surface area contributed by atoms with Crippen LogP contribution in [0.1, 0.15) is 25.8 Å². The van der Waals surface area contributed by atoms with Gasteiger partial charge in [-0.1, -0.05) is 37.3 Å². The van der Waals surface area contributed by atoms with Crippen LogP contribution in [0.15, 0.2) is 48.5 Å². The Balaban J connectivity index is 2.39. The first-order chi connectivity index (χ1) is 16.1. The fraction of sp³-hybridized carbons (Fsp3) is 0.417. The molecule has 10 heteroatoms. The smallest absolute Gasteiger partial charge is 0.244 e. The highest BCUT2D eigenvalue weighted by molar-refractivity contribution is 7.92. The number of benzene rings is 2. The molecule has 0 heterocycles. The Bertz CT molecular complexity index is 1080. The van der Waals surface area contributed by atoms with Crippen molar-refractivity contribution >= 4 is 27.5 Å². The SMILES string of the molecule is CCCNC(=O)C(C)N(Cc1ccccc1)C(=O)CN(c1ccc(OC)c(OC)c1)S(C)(=O)=O. The van der Waals surface area contributed by atoms with Crippen molar-refractivity contribution in [2.24, 2.45) is 0 Å². The summed E-state index contributed by atoms with van der Waals surface area (Å²) in [6.45, 7) is 3.73. The van der Waals surface area contributed by atoms with Gasteiger partial charge in [-0.05, 0) is 31.0 Å². The number of anilines is 1. The standard InChI is InChI=1S/C24H33N3O6S/c1-6-14-25-24(29)18(2)26(16-19-10-8-7-9-11-19)23(28)17-27(34(5,30)31)20-12-13-21(32-3)22(15-20)33-4/h7-13,15,18H,6,14,16-17H2,1-5H3,(H,25,29). The first kappa shape index (κ1) is 27.0. The number of carbonyl (C=O) groups excluding carboxylic acids is 2. The van der Waals surface area contributed by atoms with Gasteiger partial charge in [0.2, 0.25) is 21.8 Å². The molecule has 0 saturated heterocycles. The van der Waals surface area contributed by atoms with E-state index in [1.165, 1.54) is 31.3 Å². The zero-order valence-corrected chi connectivity index (χ0v) is 21.1. The van der Waals surface area contributed by atoms with Crippen molar-refractivity contribution in [1.29, 1.82) is 0 Å². The molecule has 0 aliphatic rings. The van der Waals surface area contributed by atoms with Gasteiger partial charge in [-0.25, -0.2) is 8.42 Å². The fourth-order valence-electron chi connectivity index (χ4n) is 3.35. The van der Waals surface area contributed by atoms with Gasteiger partial charge in [0.05, 0.1) is 26.2 Å². The molecule has 2 amide bonds. The molecule has 2 rings (SSSR count). The number of amides is 2. The lowest BCUT2D eigenvalue weighted by Gasteiger charge is -2.31. The second-order valence-corrected chi connectivity index (χ2v) is 9.69. The Kier molecular flexibility index (Phi) is 9.73. The number of nitrogens with zero attached hydrogens (tertiary/aromatic N) is 2. The monoisotopic (exact) mass is 491 g/mol. The number of ether oxygens (including phenoxy) is 2. The number of hydrogen-bond acceptors (Lipinski definition) is 6. The molecule has 9 nitrogen and oxygen atoms in total. The summed E-state index contributed by atoms with van der Waals surface area (Å²) >= 11 is 0. The van der Waals surface area contributed by atoms with Gasteiger partial charge < -0.3 is 19.7 Å². The highest BCUT2D eigenvalue weighted by Crippen LogP contribution is 2.32. The van der Waals surface area contributed by atoms with Gasteiger partial charge in [0.15, 0.2) is 11.5 Å². The average molecular weight is 492 g/mol. The lowest BCUT2D eigenvalue weighted by atomic mass is 10.1. The predicted octanol–water partition coefficient (Wildman–Crippen LogP) is 2.41. The van der Waals surface area contributed by atoms with Gasteiger partial charge >= 0.3 is 0 Å². The molecule has 2 aromatic rings. The number of rotatable bonds is 12. The molecule has 1 N–H and O–H groups in total. The molecule has 0 aliphatic carbocycles. The van der Waals surface area contributed by atoms with Crippen LogP contribution in [0, 0.1) is 0 Å². The normalized spacial score (nSPS) is 11.9. The molecule has 0 bridgehead atoms. The van der Waals surface area contributed by atoms with E-state index in [4.69, 9.17) is 9.47 Å². The van der Waals surface area contributed by atoms with Gasteiger partial charge in [0, 0.05) is 19.2 Å². The topological polar surface area (TPSA) is 105 Å². The summed E-state index contributed by atoms with van der Waals surface area (Å²) in [4.78, 5) is 27.5.